The molecule has 0 aliphatic carbocycles. The van der Waals surface area contributed by atoms with Crippen molar-refractivity contribution in [1.82, 2.24) is 0 Å². The van der Waals surface area contributed by atoms with E-state index in [1.54, 1.807) is 0 Å². The number of carbonyl (C=O) groups is 1. The largest absolute Gasteiger partial charge is 0.756 e. The summed E-state index contributed by atoms with van der Waals surface area (Å²) in [5.41, 5.74) is 0. The molecule has 0 aromatic heterocycles. The molecule has 0 aromatic carbocycles. The predicted molar refractivity (Wildman–Crippen MR) is 227 cm³/mol. The molecular formula is C45H92NO7P. The third-order valence-electron chi connectivity index (χ3n) is 10.4. The molecule has 0 aromatic rings. The number of phosphoric ester groups is 1. The standard InChI is InChI=1S/C45H92NO7P/c1-6-8-10-12-14-16-18-20-22-24-26-28-30-32-34-36-38-45(47)53-44(43-52-54(48,49)51-41-39-46(3,4)5)42-50-40-37-35-33-31-29-27-25-23-21-19-17-15-13-11-9-7-2/h44H,6-43H2,1-5H3/t44-/m1/s1. The van der Waals surface area contributed by atoms with Crippen LogP contribution in [0.3, 0.4) is 0 Å². The number of hydrogen-bond donors (Lipinski definition) is 0. The van der Waals surface area contributed by atoms with Crippen molar-refractivity contribution < 1.29 is 37.3 Å². The van der Waals surface area contributed by atoms with Crippen molar-refractivity contribution in [3.8, 4) is 0 Å². The van der Waals surface area contributed by atoms with E-state index in [0.29, 0.717) is 24.1 Å². The highest BCUT2D eigenvalue weighted by atomic mass is 31.2. The summed E-state index contributed by atoms with van der Waals surface area (Å²) in [7, 11) is 1.38. The molecule has 54 heavy (non-hydrogen) atoms. The summed E-state index contributed by atoms with van der Waals surface area (Å²) in [6, 6.07) is 0. The number of nitrogens with zero attached hydrogens (tertiary/aromatic N) is 1. The predicted octanol–water partition coefficient (Wildman–Crippen LogP) is 13.0. The van der Waals surface area contributed by atoms with Crippen LogP contribution in [0.5, 0.6) is 0 Å². The Morgan fingerprint density at radius 1 is 0.500 bits per heavy atom. The van der Waals surface area contributed by atoms with Crippen LogP contribution in [-0.4, -0.2) is 70.7 Å². The Hall–Kier alpha value is -0.500. The second-order valence-corrected chi connectivity index (χ2v) is 18.5. The van der Waals surface area contributed by atoms with E-state index in [-0.39, 0.29) is 25.8 Å². The van der Waals surface area contributed by atoms with Crippen LogP contribution in [0.2, 0.25) is 0 Å². The maximum absolute atomic E-state index is 12.7. The van der Waals surface area contributed by atoms with Crippen molar-refractivity contribution in [2.24, 2.45) is 0 Å². The minimum atomic E-state index is -4.52. The lowest BCUT2D eigenvalue weighted by Crippen LogP contribution is -2.37. The van der Waals surface area contributed by atoms with Gasteiger partial charge in [-0.3, -0.25) is 9.36 Å². The molecule has 0 fully saturated rings. The summed E-state index contributed by atoms with van der Waals surface area (Å²) < 4.78 is 34.7. The van der Waals surface area contributed by atoms with Crippen molar-refractivity contribution in [3.63, 3.8) is 0 Å². The molecule has 324 valence electrons. The van der Waals surface area contributed by atoms with Crippen LogP contribution in [0.1, 0.15) is 226 Å². The minimum Gasteiger partial charge on any atom is -0.756 e. The number of likely N-dealkylation sites (N-methyl/N-ethyl adjacent to an activating group) is 1. The summed E-state index contributed by atoms with van der Waals surface area (Å²) in [4.78, 5) is 25.1. The summed E-state index contributed by atoms with van der Waals surface area (Å²) in [6.07, 6.45) is 41.1. The van der Waals surface area contributed by atoms with E-state index < -0.39 is 13.9 Å². The fraction of sp³-hybridized carbons (Fsp3) is 0.978. The zero-order valence-corrected chi connectivity index (χ0v) is 37.6. The van der Waals surface area contributed by atoms with Gasteiger partial charge in [-0.2, -0.15) is 0 Å². The first-order chi connectivity index (χ1) is 26.1. The molecule has 1 unspecified atom stereocenters. The smallest absolute Gasteiger partial charge is 0.306 e. The van der Waals surface area contributed by atoms with Crippen LogP contribution in [-0.2, 0) is 27.9 Å². The van der Waals surface area contributed by atoms with Crippen LogP contribution < -0.4 is 4.89 Å². The zero-order chi connectivity index (χ0) is 39.9. The Morgan fingerprint density at radius 3 is 1.22 bits per heavy atom. The van der Waals surface area contributed by atoms with E-state index >= 15 is 0 Å². The van der Waals surface area contributed by atoms with Gasteiger partial charge in [0, 0.05) is 13.0 Å². The summed E-state index contributed by atoms with van der Waals surface area (Å²) in [5, 5.41) is 0. The topological polar surface area (TPSA) is 94.1 Å². The SMILES string of the molecule is CCCCCCCCCCCCCCCCCCOC[C@H](COP(=O)([O-])OCC[N+](C)(C)C)OC(=O)CCCCCCCCCCCCCCCCCC. The normalized spacial score (nSPS) is 13.7. The Morgan fingerprint density at radius 2 is 0.852 bits per heavy atom. The molecule has 2 atom stereocenters. The van der Waals surface area contributed by atoms with Gasteiger partial charge in [-0.1, -0.05) is 206 Å². The summed E-state index contributed by atoms with van der Waals surface area (Å²) in [5.74, 6) is -0.327. The molecule has 0 saturated carbocycles. The van der Waals surface area contributed by atoms with Gasteiger partial charge < -0.3 is 27.9 Å². The fourth-order valence-corrected chi connectivity index (χ4v) is 7.51. The molecule has 8 nitrogen and oxygen atoms in total. The van der Waals surface area contributed by atoms with Gasteiger partial charge in [-0.15, -0.1) is 0 Å². The number of esters is 1. The first kappa shape index (κ1) is 53.5. The zero-order valence-electron chi connectivity index (χ0n) is 36.7. The van der Waals surface area contributed by atoms with Crippen LogP contribution in [0.15, 0.2) is 0 Å². The Labute approximate surface area is 336 Å². The number of quaternary nitrogens is 1. The van der Waals surface area contributed by atoms with Crippen LogP contribution in [0.4, 0.5) is 0 Å². The lowest BCUT2D eigenvalue weighted by Gasteiger charge is -2.28. The molecule has 0 aliphatic heterocycles. The number of ether oxygens (including phenoxy) is 2. The molecule has 0 aliphatic rings. The lowest BCUT2D eigenvalue weighted by atomic mass is 10.0. The molecule has 0 radical (unpaired) electrons. The second-order valence-electron chi connectivity index (χ2n) is 17.1. The van der Waals surface area contributed by atoms with Gasteiger partial charge >= 0.3 is 5.97 Å². The van der Waals surface area contributed by atoms with Gasteiger partial charge in [0.1, 0.15) is 19.3 Å². The third kappa shape index (κ3) is 42.6. The third-order valence-corrected chi connectivity index (χ3v) is 11.4. The van der Waals surface area contributed by atoms with E-state index in [2.05, 4.69) is 13.8 Å². The van der Waals surface area contributed by atoms with E-state index in [4.69, 9.17) is 18.5 Å². The molecule has 0 rings (SSSR count). The van der Waals surface area contributed by atoms with Gasteiger partial charge in [-0.05, 0) is 12.8 Å². The van der Waals surface area contributed by atoms with E-state index in [9.17, 15) is 14.3 Å². The molecule has 0 saturated heterocycles. The van der Waals surface area contributed by atoms with Gasteiger partial charge in [0.05, 0.1) is 34.4 Å². The highest BCUT2D eigenvalue weighted by molar-refractivity contribution is 7.45. The van der Waals surface area contributed by atoms with Gasteiger partial charge in [-0.25, -0.2) is 0 Å². The highest BCUT2D eigenvalue weighted by Gasteiger charge is 2.20. The second kappa shape index (κ2) is 39.3. The number of phosphoric acid groups is 1. The first-order valence-electron chi connectivity index (χ1n) is 23.3. The summed E-state index contributed by atoms with van der Waals surface area (Å²) >= 11 is 0. The Balaban J connectivity index is 4.15. The number of rotatable bonds is 44. The molecule has 0 spiro atoms. The van der Waals surface area contributed by atoms with Crippen molar-refractivity contribution in [2.75, 3.05) is 54.1 Å². The number of hydrogen-bond acceptors (Lipinski definition) is 7. The lowest BCUT2D eigenvalue weighted by molar-refractivity contribution is -0.870. The molecule has 0 amide bonds. The van der Waals surface area contributed by atoms with E-state index in [1.807, 2.05) is 21.1 Å². The van der Waals surface area contributed by atoms with Crippen LogP contribution in [0, 0.1) is 0 Å². The van der Waals surface area contributed by atoms with Crippen LogP contribution >= 0.6 is 7.82 Å². The van der Waals surface area contributed by atoms with Gasteiger partial charge in [0.2, 0.25) is 0 Å². The Bertz CT molecular complexity index is 837. The Kier molecular flexibility index (Phi) is 39.0. The maximum atomic E-state index is 12.7. The monoisotopic (exact) mass is 790 g/mol. The molecule has 9 heteroatoms. The number of carbonyl (C=O) groups excluding carboxylic acids is 1. The first-order valence-corrected chi connectivity index (χ1v) is 24.7. The molecule has 0 N–H and O–H groups in total. The van der Waals surface area contributed by atoms with Gasteiger partial charge in [0.25, 0.3) is 7.82 Å². The maximum Gasteiger partial charge on any atom is 0.306 e. The summed E-state index contributed by atoms with van der Waals surface area (Å²) in [6.45, 7) is 5.48. The highest BCUT2D eigenvalue weighted by Crippen LogP contribution is 2.38. The van der Waals surface area contributed by atoms with Crippen molar-refractivity contribution in [3.05, 3.63) is 0 Å². The van der Waals surface area contributed by atoms with Gasteiger partial charge in [0.15, 0.2) is 0 Å². The van der Waals surface area contributed by atoms with E-state index in [0.717, 1.165) is 32.1 Å². The van der Waals surface area contributed by atoms with Crippen molar-refractivity contribution >= 4 is 13.8 Å². The molecule has 0 bridgehead atoms. The average Bonchev–Trinajstić information content (AvgIpc) is 3.12. The molecule has 0 heterocycles. The van der Waals surface area contributed by atoms with Crippen molar-refractivity contribution in [2.45, 2.75) is 232 Å². The average molecular weight is 790 g/mol. The number of unbranched alkanes of at least 4 members (excludes halogenated alkanes) is 30. The quantitative estimate of drug-likeness (QED) is 0.0262. The fourth-order valence-electron chi connectivity index (χ4n) is 6.78. The molecular weight excluding hydrogens is 697 g/mol. The van der Waals surface area contributed by atoms with E-state index in [1.165, 1.54) is 173 Å². The van der Waals surface area contributed by atoms with Crippen LogP contribution in [0.25, 0.3) is 0 Å². The van der Waals surface area contributed by atoms with Crippen molar-refractivity contribution in [1.29, 1.82) is 0 Å². The minimum absolute atomic E-state index is 0.0315.